The molecule has 0 aliphatic carbocycles. The van der Waals surface area contributed by atoms with E-state index in [1.807, 2.05) is 20.8 Å². The summed E-state index contributed by atoms with van der Waals surface area (Å²) < 4.78 is 32.1. The van der Waals surface area contributed by atoms with Crippen LogP contribution in [0, 0.1) is 0 Å². The van der Waals surface area contributed by atoms with Crippen LogP contribution in [0.4, 0.5) is 14.7 Å². The van der Waals surface area contributed by atoms with Crippen molar-refractivity contribution in [1.82, 2.24) is 14.8 Å². The van der Waals surface area contributed by atoms with E-state index in [1.54, 1.807) is 31.4 Å². The van der Waals surface area contributed by atoms with Crippen molar-refractivity contribution in [3.8, 4) is 11.4 Å². The van der Waals surface area contributed by atoms with Gasteiger partial charge in [0.2, 0.25) is 11.8 Å². The van der Waals surface area contributed by atoms with Crippen molar-refractivity contribution >= 4 is 5.95 Å². The van der Waals surface area contributed by atoms with E-state index in [9.17, 15) is 8.78 Å². The third-order valence-corrected chi connectivity index (χ3v) is 2.62. The number of hydrogen-bond donors (Lipinski definition) is 1. The number of hydrogen-bond acceptors (Lipinski definition) is 4. The molecule has 0 saturated heterocycles. The number of aromatic nitrogens is 3. The zero-order valence-corrected chi connectivity index (χ0v) is 12.4. The van der Waals surface area contributed by atoms with Crippen LogP contribution in [0.15, 0.2) is 24.3 Å². The average molecular weight is 296 g/mol. The number of nitrogens with zero attached hydrogens (tertiary/aromatic N) is 3. The Bertz CT molecular complexity index is 602. The van der Waals surface area contributed by atoms with E-state index in [4.69, 9.17) is 4.74 Å². The molecule has 114 valence electrons. The number of nitrogens with one attached hydrogen (secondary N) is 1. The fourth-order valence-corrected chi connectivity index (χ4v) is 1.74. The van der Waals surface area contributed by atoms with Gasteiger partial charge >= 0.3 is 0 Å². The third-order valence-electron chi connectivity index (χ3n) is 2.62. The van der Waals surface area contributed by atoms with Gasteiger partial charge in [-0.3, -0.25) is 0 Å². The quantitative estimate of drug-likeness (QED) is 0.939. The first kappa shape index (κ1) is 15.2. The first-order chi connectivity index (χ1) is 9.80. The van der Waals surface area contributed by atoms with Gasteiger partial charge in [-0.15, -0.1) is 5.10 Å². The van der Waals surface area contributed by atoms with Crippen molar-refractivity contribution < 1.29 is 13.5 Å². The highest BCUT2D eigenvalue weighted by Crippen LogP contribution is 2.23. The molecule has 7 heteroatoms. The van der Waals surface area contributed by atoms with E-state index in [-0.39, 0.29) is 11.5 Å². The predicted molar refractivity (Wildman–Crippen MR) is 76.2 cm³/mol. The lowest BCUT2D eigenvalue weighted by molar-refractivity contribution is 0.140. The summed E-state index contributed by atoms with van der Waals surface area (Å²) in [6.45, 7) is 5.76. The number of ether oxygens (including phenoxy) is 1. The standard InChI is InChI=1S/C14H18F2N4O/c1-14(2,3)18-13-17-12(11(15)16)19-20(13)9-5-7-10(21-4)8-6-9/h5-8,11H,1-4H3,(H,17,18,19). The minimum absolute atomic E-state index is 0.281. The van der Waals surface area contributed by atoms with Crippen LogP contribution in [0.5, 0.6) is 5.75 Å². The molecule has 0 unspecified atom stereocenters. The van der Waals surface area contributed by atoms with Crippen molar-refractivity contribution in [2.45, 2.75) is 32.7 Å². The molecule has 0 atom stereocenters. The van der Waals surface area contributed by atoms with Crippen LogP contribution in [0.25, 0.3) is 5.69 Å². The van der Waals surface area contributed by atoms with E-state index in [2.05, 4.69) is 15.4 Å². The number of anilines is 1. The van der Waals surface area contributed by atoms with Gasteiger partial charge in [-0.1, -0.05) is 0 Å². The van der Waals surface area contributed by atoms with Crippen LogP contribution in [0.2, 0.25) is 0 Å². The molecule has 21 heavy (non-hydrogen) atoms. The van der Waals surface area contributed by atoms with Gasteiger partial charge in [-0.25, -0.2) is 8.78 Å². The van der Waals surface area contributed by atoms with Gasteiger partial charge in [-0.05, 0) is 45.0 Å². The zero-order chi connectivity index (χ0) is 15.6. The van der Waals surface area contributed by atoms with Crippen LogP contribution in [-0.4, -0.2) is 27.4 Å². The molecule has 0 amide bonds. The van der Waals surface area contributed by atoms with E-state index in [0.717, 1.165) is 0 Å². The molecule has 0 radical (unpaired) electrons. The number of rotatable bonds is 4. The van der Waals surface area contributed by atoms with Gasteiger partial charge < -0.3 is 10.1 Å². The molecular formula is C14H18F2N4O. The van der Waals surface area contributed by atoms with Crippen LogP contribution < -0.4 is 10.1 Å². The van der Waals surface area contributed by atoms with Gasteiger partial charge in [-0.2, -0.15) is 9.67 Å². The number of halogens is 2. The number of methoxy groups -OCH3 is 1. The number of alkyl halides is 2. The van der Waals surface area contributed by atoms with Crippen molar-refractivity contribution in [2.75, 3.05) is 12.4 Å². The Labute approximate surface area is 121 Å². The highest BCUT2D eigenvalue weighted by atomic mass is 19.3. The molecule has 2 rings (SSSR count). The van der Waals surface area contributed by atoms with Crippen molar-refractivity contribution in [3.05, 3.63) is 30.1 Å². The maximum Gasteiger partial charge on any atom is 0.299 e. The molecule has 5 nitrogen and oxygen atoms in total. The smallest absolute Gasteiger partial charge is 0.299 e. The van der Waals surface area contributed by atoms with Crippen LogP contribution in [0.3, 0.4) is 0 Å². The van der Waals surface area contributed by atoms with Gasteiger partial charge in [0, 0.05) is 5.54 Å². The molecular weight excluding hydrogens is 278 g/mol. The van der Waals surface area contributed by atoms with E-state index in [0.29, 0.717) is 11.4 Å². The summed E-state index contributed by atoms with van der Waals surface area (Å²) in [5.74, 6) is 0.457. The first-order valence-electron chi connectivity index (χ1n) is 6.48. The van der Waals surface area contributed by atoms with Crippen LogP contribution in [-0.2, 0) is 0 Å². The second-order valence-corrected chi connectivity index (χ2v) is 5.58. The fraction of sp³-hybridized carbons (Fsp3) is 0.429. The molecule has 1 N–H and O–H groups in total. The Hall–Kier alpha value is -2.18. The summed E-state index contributed by atoms with van der Waals surface area (Å²) in [6, 6.07) is 6.94. The molecule has 0 spiro atoms. The molecule has 1 heterocycles. The van der Waals surface area contributed by atoms with E-state index >= 15 is 0 Å². The third kappa shape index (κ3) is 3.68. The Morgan fingerprint density at radius 2 is 1.81 bits per heavy atom. The Morgan fingerprint density at radius 1 is 1.19 bits per heavy atom. The van der Waals surface area contributed by atoms with Crippen molar-refractivity contribution in [3.63, 3.8) is 0 Å². The molecule has 0 aliphatic heterocycles. The monoisotopic (exact) mass is 296 g/mol. The highest BCUT2D eigenvalue weighted by Gasteiger charge is 2.21. The summed E-state index contributed by atoms with van der Waals surface area (Å²) >= 11 is 0. The predicted octanol–water partition coefficient (Wildman–Crippen LogP) is 3.42. The highest BCUT2D eigenvalue weighted by molar-refractivity contribution is 5.43. The Kier molecular flexibility index (Phi) is 4.11. The number of benzene rings is 1. The van der Waals surface area contributed by atoms with E-state index in [1.165, 1.54) is 4.68 Å². The van der Waals surface area contributed by atoms with Crippen molar-refractivity contribution in [2.24, 2.45) is 0 Å². The summed E-state index contributed by atoms with van der Waals surface area (Å²) in [4.78, 5) is 3.87. The Morgan fingerprint density at radius 3 is 2.29 bits per heavy atom. The Balaban J connectivity index is 2.44. The van der Waals surface area contributed by atoms with Gasteiger partial charge in [0.1, 0.15) is 5.75 Å². The van der Waals surface area contributed by atoms with Gasteiger partial charge in [0.15, 0.2) is 0 Å². The molecule has 1 aromatic carbocycles. The lowest BCUT2D eigenvalue weighted by Crippen LogP contribution is -2.28. The molecule has 0 bridgehead atoms. The summed E-state index contributed by atoms with van der Waals surface area (Å²) in [7, 11) is 1.56. The van der Waals surface area contributed by atoms with Crippen molar-refractivity contribution in [1.29, 1.82) is 0 Å². The maximum absolute atomic E-state index is 12.8. The zero-order valence-electron chi connectivity index (χ0n) is 12.4. The van der Waals surface area contributed by atoms with Gasteiger partial charge in [0.05, 0.1) is 12.8 Å². The first-order valence-corrected chi connectivity index (χ1v) is 6.48. The normalized spacial score (nSPS) is 11.8. The second kappa shape index (κ2) is 5.67. The summed E-state index contributed by atoms with van der Waals surface area (Å²) in [5.41, 5.74) is 0.304. The largest absolute Gasteiger partial charge is 0.497 e. The van der Waals surface area contributed by atoms with Crippen LogP contribution in [0.1, 0.15) is 33.0 Å². The van der Waals surface area contributed by atoms with Gasteiger partial charge in [0.25, 0.3) is 6.43 Å². The molecule has 2 aromatic rings. The second-order valence-electron chi connectivity index (χ2n) is 5.58. The minimum Gasteiger partial charge on any atom is -0.497 e. The summed E-state index contributed by atoms with van der Waals surface area (Å²) in [6.07, 6.45) is -2.72. The maximum atomic E-state index is 12.8. The molecule has 0 saturated carbocycles. The average Bonchev–Trinajstić information content (AvgIpc) is 2.81. The summed E-state index contributed by atoms with van der Waals surface area (Å²) in [5, 5.41) is 6.95. The van der Waals surface area contributed by atoms with E-state index < -0.39 is 12.2 Å². The SMILES string of the molecule is COc1ccc(-n2nc(C(F)F)nc2NC(C)(C)C)cc1. The topological polar surface area (TPSA) is 52.0 Å². The van der Waals surface area contributed by atoms with Crippen LogP contribution >= 0.6 is 0 Å². The lowest BCUT2D eigenvalue weighted by atomic mass is 10.1. The molecule has 0 fully saturated rings. The molecule has 1 aromatic heterocycles. The fourth-order valence-electron chi connectivity index (χ4n) is 1.74. The molecule has 0 aliphatic rings. The lowest BCUT2D eigenvalue weighted by Gasteiger charge is -2.21. The minimum atomic E-state index is -2.72.